The molecule has 1 aromatic carbocycles. The van der Waals surface area contributed by atoms with Crippen molar-refractivity contribution < 1.29 is 29.3 Å². The number of rotatable bonds is 8. The highest BCUT2D eigenvalue weighted by atomic mass is 127. The minimum atomic E-state index is -0.992. The Morgan fingerprint density at radius 1 is 1.17 bits per heavy atom. The zero-order valence-electron chi connectivity index (χ0n) is 19.9. The summed E-state index contributed by atoms with van der Waals surface area (Å²) in [5.41, 5.74) is 0.459. The molecular formula is C26H35IN2O6. The minimum absolute atomic E-state index is 0.00325. The van der Waals surface area contributed by atoms with Crippen LogP contribution in [0.5, 0.6) is 5.75 Å². The average molecular weight is 598 g/mol. The molecule has 2 fully saturated rings. The Hall–Kier alpha value is -1.69. The third-order valence-corrected chi connectivity index (χ3v) is 8.06. The van der Waals surface area contributed by atoms with Crippen molar-refractivity contribution in [1.29, 1.82) is 0 Å². The molecule has 0 aromatic heterocycles. The fourth-order valence-electron chi connectivity index (χ4n) is 5.35. The Morgan fingerprint density at radius 2 is 1.94 bits per heavy atom. The summed E-state index contributed by atoms with van der Waals surface area (Å²) in [7, 11) is 0. The molecule has 1 heterocycles. The largest absolute Gasteiger partial charge is 0.482 e. The molecule has 192 valence electrons. The molecule has 1 aliphatic heterocycles. The first-order valence-corrected chi connectivity index (χ1v) is 13.7. The molecule has 4 rings (SSSR count). The van der Waals surface area contributed by atoms with Gasteiger partial charge in [-0.15, -0.1) is 0 Å². The maximum absolute atomic E-state index is 13.8. The topological polar surface area (TPSA) is 108 Å². The molecule has 1 aromatic rings. The fraction of sp³-hybridized carbons (Fsp3) is 0.615. The number of carbonyl (C=O) groups excluding carboxylic acids is 2. The first-order valence-electron chi connectivity index (χ1n) is 12.6. The smallest absolute Gasteiger partial charge is 0.247 e. The van der Waals surface area contributed by atoms with E-state index >= 15 is 0 Å². The van der Waals surface area contributed by atoms with E-state index in [-0.39, 0.29) is 43.3 Å². The third kappa shape index (κ3) is 6.36. The number of para-hydroxylation sites is 1. The van der Waals surface area contributed by atoms with Crippen LogP contribution in [0.1, 0.15) is 44.9 Å². The lowest BCUT2D eigenvalue weighted by Gasteiger charge is -2.46. The van der Waals surface area contributed by atoms with Gasteiger partial charge in [-0.25, -0.2) is 0 Å². The molecule has 0 bridgehead atoms. The Labute approximate surface area is 220 Å². The Balaban J connectivity index is 1.66. The van der Waals surface area contributed by atoms with Crippen LogP contribution in [-0.4, -0.2) is 77.6 Å². The summed E-state index contributed by atoms with van der Waals surface area (Å²) in [6.07, 6.45) is 5.80. The van der Waals surface area contributed by atoms with E-state index in [1.165, 1.54) is 0 Å². The number of nitrogens with zero attached hydrogens (tertiary/aromatic N) is 1. The normalized spacial score (nSPS) is 27.2. The van der Waals surface area contributed by atoms with Crippen LogP contribution in [0.25, 0.3) is 0 Å². The van der Waals surface area contributed by atoms with Crippen molar-refractivity contribution in [1.82, 2.24) is 10.2 Å². The van der Waals surface area contributed by atoms with Gasteiger partial charge in [-0.05, 0) is 60.1 Å². The summed E-state index contributed by atoms with van der Waals surface area (Å²) in [4.78, 5) is 28.6. The number of carbonyl (C=O) groups is 2. The van der Waals surface area contributed by atoms with Gasteiger partial charge >= 0.3 is 0 Å². The molecule has 0 radical (unpaired) electrons. The van der Waals surface area contributed by atoms with Crippen LogP contribution in [0.4, 0.5) is 0 Å². The molecule has 0 spiro atoms. The van der Waals surface area contributed by atoms with Gasteiger partial charge in [0.2, 0.25) is 11.8 Å². The molecule has 2 aliphatic carbocycles. The summed E-state index contributed by atoms with van der Waals surface area (Å²) in [5.74, 6) is 0.0797. The number of benzene rings is 1. The van der Waals surface area contributed by atoms with Crippen molar-refractivity contribution in [3.8, 4) is 5.75 Å². The minimum Gasteiger partial charge on any atom is -0.482 e. The highest BCUT2D eigenvalue weighted by Gasteiger charge is 2.45. The molecule has 3 aliphatic rings. The highest BCUT2D eigenvalue weighted by molar-refractivity contribution is 14.1. The number of halogens is 1. The SMILES string of the molecule is O=C(NCCO)C1=CC(Oc2ccccc2I)C(O)C(N(C(=O)C2CCOC2)C2CCCCC2)C1. The maximum Gasteiger partial charge on any atom is 0.247 e. The van der Waals surface area contributed by atoms with Gasteiger partial charge in [0.25, 0.3) is 0 Å². The van der Waals surface area contributed by atoms with E-state index in [1.54, 1.807) is 6.08 Å². The number of aliphatic hydroxyl groups excluding tert-OH is 2. The van der Waals surface area contributed by atoms with E-state index in [0.29, 0.717) is 31.0 Å². The van der Waals surface area contributed by atoms with Crippen molar-refractivity contribution >= 4 is 34.4 Å². The van der Waals surface area contributed by atoms with Crippen molar-refractivity contribution in [2.45, 2.75) is 69.2 Å². The highest BCUT2D eigenvalue weighted by Crippen LogP contribution is 2.35. The number of ether oxygens (including phenoxy) is 2. The van der Waals surface area contributed by atoms with Crippen molar-refractivity contribution in [2.75, 3.05) is 26.4 Å². The number of hydrogen-bond donors (Lipinski definition) is 3. The second-order valence-electron chi connectivity index (χ2n) is 9.54. The molecular weight excluding hydrogens is 563 g/mol. The average Bonchev–Trinajstić information content (AvgIpc) is 3.42. The molecule has 35 heavy (non-hydrogen) atoms. The summed E-state index contributed by atoms with van der Waals surface area (Å²) in [6.45, 7) is 0.930. The van der Waals surface area contributed by atoms with Gasteiger partial charge in [-0.1, -0.05) is 31.4 Å². The van der Waals surface area contributed by atoms with E-state index in [1.807, 2.05) is 29.2 Å². The van der Waals surface area contributed by atoms with Crippen LogP contribution < -0.4 is 10.1 Å². The van der Waals surface area contributed by atoms with Crippen LogP contribution in [0.2, 0.25) is 0 Å². The molecule has 4 unspecified atom stereocenters. The molecule has 9 heteroatoms. The van der Waals surface area contributed by atoms with E-state index in [2.05, 4.69) is 27.9 Å². The number of hydrogen-bond acceptors (Lipinski definition) is 6. The second kappa shape index (κ2) is 12.5. The Kier molecular flexibility index (Phi) is 9.43. The first-order chi connectivity index (χ1) is 17.0. The summed E-state index contributed by atoms with van der Waals surface area (Å²) >= 11 is 2.18. The van der Waals surface area contributed by atoms with Crippen LogP contribution in [-0.2, 0) is 14.3 Å². The quantitative estimate of drug-likeness (QED) is 0.397. The van der Waals surface area contributed by atoms with Crippen LogP contribution in [0.15, 0.2) is 35.9 Å². The standard InChI is InChI=1S/C26H35IN2O6/c27-20-8-4-5-9-22(20)35-23-15-18(25(32)28-11-12-30)14-21(24(23)31)29(19-6-2-1-3-7-19)26(33)17-10-13-34-16-17/h4-5,8-9,15,17,19,21,23-24,30-31H,1-3,6-7,10-14,16H2,(H,28,32). The lowest BCUT2D eigenvalue weighted by atomic mass is 9.84. The lowest BCUT2D eigenvalue weighted by Crippen LogP contribution is -2.59. The number of amides is 2. The zero-order valence-corrected chi connectivity index (χ0v) is 22.1. The summed E-state index contributed by atoms with van der Waals surface area (Å²) in [5, 5.41) is 23.5. The van der Waals surface area contributed by atoms with Gasteiger partial charge in [0, 0.05) is 31.2 Å². The number of nitrogens with one attached hydrogen (secondary N) is 1. The van der Waals surface area contributed by atoms with Gasteiger partial charge in [-0.2, -0.15) is 0 Å². The molecule has 4 atom stereocenters. The van der Waals surface area contributed by atoms with Crippen LogP contribution in [0, 0.1) is 9.49 Å². The predicted octanol–water partition coefficient (Wildman–Crippen LogP) is 2.40. The fourth-order valence-corrected chi connectivity index (χ4v) is 5.86. The summed E-state index contributed by atoms with van der Waals surface area (Å²) < 4.78 is 12.6. The number of aliphatic hydroxyl groups is 2. The van der Waals surface area contributed by atoms with E-state index < -0.39 is 18.2 Å². The Morgan fingerprint density at radius 3 is 2.63 bits per heavy atom. The monoisotopic (exact) mass is 598 g/mol. The lowest BCUT2D eigenvalue weighted by molar-refractivity contribution is -0.147. The van der Waals surface area contributed by atoms with Gasteiger partial charge in [0.15, 0.2) is 0 Å². The van der Waals surface area contributed by atoms with Gasteiger partial charge in [0.05, 0.1) is 28.7 Å². The van der Waals surface area contributed by atoms with Crippen LogP contribution in [0.3, 0.4) is 0 Å². The Bertz CT molecular complexity index is 913. The van der Waals surface area contributed by atoms with E-state index in [9.17, 15) is 19.8 Å². The van der Waals surface area contributed by atoms with Gasteiger partial charge in [0.1, 0.15) is 18.0 Å². The second-order valence-corrected chi connectivity index (χ2v) is 10.7. The molecule has 2 amide bonds. The zero-order chi connectivity index (χ0) is 24.8. The molecule has 8 nitrogen and oxygen atoms in total. The van der Waals surface area contributed by atoms with Gasteiger partial charge in [-0.3, -0.25) is 9.59 Å². The van der Waals surface area contributed by atoms with E-state index in [4.69, 9.17) is 9.47 Å². The van der Waals surface area contributed by atoms with Gasteiger partial charge < -0.3 is 29.9 Å². The third-order valence-electron chi connectivity index (χ3n) is 7.17. The molecule has 1 saturated heterocycles. The van der Waals surface area contributed by atoms with Crippen molar-refractivity contribution in [3.05, 3.63) is 39.5 Å². The molecule has 1 saturated carbocycles. The van der Waals surface area contributed by atoms with Crippen molar-refractivity contribution in [3.63, 3.8) is 0 Å². The van der Waals surface area contributed by atoms with Crippen LogP contribution >= 0.6 is 22.6 Å². The predicted molar refractivity (Wildman–Crippen MR) is 139 cm³/mol. The molecule has 3 N–H and O–H groups in total. The summed E-state index contributed by atoms with van der Waals surface area (Å²) in [6, 6.07) is 6.95. The first kappa shape index (κ1) is 26.4. The van der Waals surface area contributed by atoms with E-state index in [0.717, 1.165) is 35.7 Å². The van der Waals surface area contributed by atoms with Crippen molar-refractivity contribution in [2.24, 2.45) is 5.92 Å². The maximum atomic E-state index is 13.8.